The smallest absolute Gasteiger partial charge is 0.411 e. The van der Waals surface area contributed by atoms with Crippen molar-refractivity contribution in [3.8, 4) is 0 Å². The highest BCUT2D eigenvalue weighted by Gasteiger charge is 2.41. The van der Waals surface area contributed by atoms with Crippen LogP contribution in [0.3, 0.4) is 0 Å². The van der Waals surface area contributed by atoms with Crippen LogP contribution in [0.25, 0.3) is 0 Å². The highest BCUT2D eigenvalue weighted by Crippen LogP contribution is 2.42. The summed E-state index contributed by atoms with van der Waals surface area (Å²) in [6.07, 6.45) is 3.85. The van der Waals surface area contributed by atoms with E-state index >= 15 is 0 Å². The van der Waals surface area contributed by atoms with Gasteiger partial charge in [-0.3, -0.25) is 9.69 Å². The molecule has 6 nitrogen and oxygen atoms in total. The molecule has 1 heterocycles. The number of amides is 1. The molecule has 2 rings (SSSR count). The van der Waals surface area contributed by atoms with E-state index in [-0.39, 0.29) is 18.3 Å². The fourth-order valence-electron chi connectivity index (χ4n) is 3.88. The van der Waals surface area contributed by atoms with Crippen molar-refractivity contribution < 1.29 is 23.8 Å². The van der Waals surface area contributed by atoms with Crippen LogP contribution in [0.5, 0.6) is 0 Å². The molecule has 4 unspecified atom stereocenters. The van der Waals surface area contributed by atoms with E-state index in [9.17, 15) is 9.59 Å². The third kappa shape index (κ3) is 3.91. The lowest BCUT2D eigenvalue weighted by molar-refractivity contribution is -0.145. The molecule has 22 heavy (non-hydrogen) atoms. The summed E-state index contributed by atoms with van der Waals surface area (Å²) in [6.45, 7) is 2.96. The van der Waals surface area contributed by atoms with Gasteiger partial charge in [0.05, 0.1) is 13.7 Å². The molecule has 0 aromatic carbocycles. The Balaban J connectivity index is 1.93. The van der Waals surface area contributed by atoms with Crippen LogP contribution in [-0.2, 0) is 19.0 Å². The number of hydrogen-bond donors (Lipinski definition) is 0. The van der Waals surface area contributed by atoms with Crippen LogP contribution in [0.4, 0.5) is 4.79 Å². The van der Waals surface area contributed by atoms with Crippen LogP contribution in [0, 0.1) is 17.8 Å². The van der Waals surface area contributed by atoms with Crippen molar-refractivity contribution in [2.24, 2.45) is 17.8 Å². The lowest BCUT2D eigenvalue weighted by Crippen LogP contribution is -2.52. The molecule has 1 saturated heterocycles. The van der Waals surface area contributed by atoms with E-state index in [4.69, 9.17) is 14.2 Å². The van der Waals surface area contributed by atoms with Gasteiger partial charge in [0.1, 0.15) is 6.23 Å². The molecular formula is C16H27NO5. The van der Waals surface area contributed by atoms with Crippen LogP contribution >= 0.6 is 0 Å². The maximum atomic E-state index is 11.9. The molecule has 0 aromatic rings. The summed E-state index contributed by atoms with van der Waals surface area (Å²) < 4.78 is 15.4. The standard InChI is InChI=1S/C16H27NO5/c1-4-22-15(18)8-11-5-6-12-10-17(16(19)21-3)14(20-2)9-13(12)7-11/h11-14H,4-10H2,1-3H3. The Labute approximate surface area is 132 Å². The highest BCUT2D eigenvalue weighted by atomic mass is 16.6. The lowest BCUT2D eigenvalue weighted by Gasteiger charge is -2.46. The molecule has 1 saturated carbocycles. The van der Waals surface area contributed by atoms with Gasteiger partial charge in [-0.1, -0.05) is 0 Å². The van der Waals surface area contributed by atoms with Crippen molar-refractivity contribution in [2.75, 3.05) is 27.4 Å². The molecule has 1 amide bonds. The van der Waals surface area contributed by atoms with Crippen LogP contribution in [0.2, 0.25) is 0 Å². The van der Waals surface area contributed by atoms with Gasteiger partial charge < -0.3 is 14.2 Å². The van der Waals surface area contributed by atoms with Crippen LogP contribution in [-0.4, -0.2) is 50.6 Å². The van der Waals surface area contributed by atoms with Crippen LogP contribution < -0.4 is 0 Å². The average molecular weight is 313 g/mol. The van der Waals surface area contributed by atoms with E-state index in [1.807, 2.05) is 6.92 Å². The molecule has 6 heteroatoms. The topological polar surface area (TPSA) is 65.1 Å². The van der Waals surface area contributed by atoms with Gasteiger partial charge in [-0.25, -0.2) is 4.79 Å². The van der Waals surface area contributed by atoms with Crippen molar-refractivity contribution in [2.45, 2.75) is 45.3 Å². The Morgan fingerprint density at radius 1 is 1.14 bits per heavy atom. The zero-order valence-electron chi connectivity index (χ0n) is 13.7. The van der Waals surface area contributed by atoms with Crippen molar-refractivity contribution in [1.29, 1.82) is 0 Å². The summed E-state index contributed by atoms with van der Waals surface area (Å²) in [5.41, 5.74) is 0. The number of carbonyl (C=O) groups excluding carboxylic acids is 2. The van der Waals surface area contributed by atoms with E-state index in [1.165, 1.54) is 7.11 Å². The van der Waals surface area contributed by atoms with Gasteiger partial charge in [-0.2, -0.15) is 0 Å². The summed E-state index contributed by atoms with van der Waals surface area (Å²) in [7, 11) is 3.03. The number of esters is 1. The Kier molecular flexibility index (Phi) is 6.06. The monoisotopic (exact) mass is 313 g/mol. The predicted octanol–water partition coefficient (Wildman–Crippen LogP) is 2.42. The molecule has 0 aromatic heterocycles. The average Bonchev–Trinajstić information content (AvgIpc) is 2.52. The molecule has 1 aliphatic heterocycles. The van der Waals surface area contributed by atoms with Gasteiger partial charge in [0.25, 0.3) is 0 Å². The Morgan fingerprint density at radius 2 is 1.91 bits per heavy atom. The van der Waals surface area contributed by atoms with Crippen LogP contribution in [0.15, 0.2) is 0 Å². The second-order valence-electron chi connectivity index (χ2n) is 6.26. The van der Waals surface area contributed by atoms with Gasteiger partial charge in [0.2, 0.25) is 0 Å². The molecule has 0 spiro atoms. The molecule has 0 radical (unpaired) electrons. The Hall–Kier alpha value is -1.30. The quantitative estimate of drug-likeness (QED) is 0.746. The van der Waals surface area contributed by atoms with Crippen LogP contribution in [0.1, 0.15) is 39.0 Å². The number of nitrogens with zero attached hydrogens (tertiary/aromatic N) is 1. The minimum Gasteiger partial charge on any atom is -0.466 e. The predicted molar refractivity (Wildman–Crippen MR) is 80.1 cm³/mol. The number of fused-ring (bicyclic) bond motifs is 1. The minimum absolute atomic E-state index is 0.0961. The van der Waals surface area contributed by atoms with Crippen molar-refractivity contribution in [1.82, 2.24) is 4.90 Å². The first-order valence-corrected chi connectivity index (χ1v) is 8.12. The number of rotatable bonds is 4. The van der Waals surface area contributed by atoms with Crippen molar-refractivity contribution >= 4 is 12.1 Å². The maximum Gasteiger partial charge on any atom is 0.411 e. The largest absolute Gasteiger partial charge is 0.466 e. The molecule has 126 valence electrons. The fourth-order valence-corrected chi connectivity index (χ4v) is 3.88. The number of carbonyl (C=O) groups is 2. The number of hydrogen-bond acceptors (Lipinski definition) is 5. The molecule has 4 atom stereocenters. The number of ether oxygens (including phenoxy) is 3. The normalized spacial score (nSPS) is 31.3. The van der Waals surface area contributed by atoms with Gasteiger partial charge in [-0.05, 0) is 50.4 Å². The maximum absolute atomic E-state index is 11.9. The second-order valence-corrected chi connectivity index (χ2v) is 6.26. The zero-order chi connectivity index (χ0) is 16.1. The van der Waals surface area contributed by atoms with Gasteiger partial charge in [0, 0.05) is 20.1 Å². The second kappa shape index (κ2) is 7.81. The van der Waals surface area contributed by atoms with E-state index in [0.29, 0.717) is 37.3 Å². The molecule has 1 aliphatic carbocycles. The summed E-state index contributed by atoms with van der Waals surface area (Å²) >= 11 is 0. The first-order chi connectivity index (χ1) is 10.6. The highest BCUT2D eigenvalue weighted by molar-refractivity contribution is 5.69. The number of piperidine rings is 1. The van der Waals surface area contributed by atoms with E-state index in [0.717, 1.165) is 25.7 Å². The van der Waals surface area contributed by atoms with Gasteiger partial charge in [0.15, 0.2) is 0 Å². The lowest BCUT2D eigenvalue weighted by atomic mass is 9.69. The summed E-state index contributed by atoms with van der Waals surface area (Å²) in [5.74, 6) is 1.27. The molecule has 2 fully saturated rings. The zero-order valence-corrected chi connectivity index (χ0v) is 13.7. The molecule has 0 N–H and O–H groups in total. The summed E-state index contributed by atoms with van der Waals surface area (Å²) in [4.78, 5) is 25.2. The van der Waals surface area contributed by atoms with E-state index in [1.54, 1.807) is 12.0 Å². The molecule has 0 bridgehead atoms. The number of methoxy groups -OCH3 is 2. The Bertz CT molecular complexity index is 400. The first kappa shape index (κ1) is 17.1. The van der Waals surface area contributed by atoms with E-state index in [2.05, 4.69) is 0 Å². The Morgan fingerprint density at radius 3 is 2.55 bits per heavy atom. The first-order valence-electron chi connectivity index (χ1n) is 8.12. The summed E-state index contributed by atoms with van der Waals surface area (Å²) in [6, 6.07) is 0. The third-order valence-corrected chi connectivity index (χ3v) is 4.97. The van der Waals surface area contributed by atoms with Crippen molar-refractivity contribution in [3.63, 3.8) is 0 Å². The minimum atomic E-state index is -0.320. The van der Waals surface area contributed by atoms with Gasteiger partial charge in [-0.15, -0.1) is 0 Å². The van der Waals surface area contributed by atoms with Gasteiger partial charge >= 0.3 is 12.1 Å². The fraction of sp³-hybridized carbons (Fsp3) is 0.875. The summed E-state index contributed by atoms with van der Waals surface area (Å²) in [5, 5.41) is 0. The SMILES string of the molecule is CCOC(=O)CC1CCC2CN(C(=O)OC)C(OC)CC2C1. The third-order valence-electron chi connectivity index (χ3n) is 4.97. The molecule has 2 aliphatic rings. The number of likely N-dealkylation sites (tertiary alicyclic amines) is 1. The molecular weight excluding hydrogens is 286 g/mol. The van der Waals surface area contributed by atoms with E-state index < -0.39 is 0 Å². The van der Waals surface area contributed by atoms with Crippen molar-refractivity contribution in [3.05, 3.63) is 0 Å².